The fourth-order valence-electron chi connectivity index (χ4n) is 1.84. The van der Waals surface area contributed by atoms with E-state index in [0.717, 1.165) is 3.97 Å². The minimum absolute atomic E-state index is 0.0933. The third-order valence-corrected chi connectivity index (χ3v) is 6.87. The van der Waals surface area contributed by atoms with Crippen LogP contribution in [0.15, 0.2) is 60.7 Å². The summed E-state index contributed by atoms with van der Waals surface area (Å²) in [6.07, 6.45) is 0. The fourth-order valence-corrected chi connectivity index (χ4v) is 5.00. The van der Waals surface area contributed by atoms with Crippen molar-refractivity contribution < 1.29 is 0 Å². The second kappa shape index (κ2) is 6.24. The van der Waals surface area contributed by atoms with Gasteiger partial charge < -0.3 is 0 Å². The van der Waals surface area contributed by atoms with Gasteiger partial charge in [-0.3, -0.25) is 0 Å². The second-order valence-electron chi connectivity index (χ2n) is 4.34. The molecule has 0 N–H and O–H groups in total. The summed E-state index contributed by atoms with van der Waals surface area (Å²) in [5.74, 6) is 0.666. The van der Waals surface area contributed by atoms with Crippen LogP contribution in [0, 0.1) is 0 Å². The number of benzene rings is 2. The molecule has 0 radical (unpaired) electrons. The minimum atomic E-state index is -0.0933. The predicted molar refractivity (Wildman–Crippen MR) is 76.1 cm³/mol. The zero-order chi connectivity index (χ0) is 12.1. The first-order valence-electron chi connectivity index (χ1n) is 6.04. The number of hydrogen-bond acceptors (Lipinski definition) is 0. The van der Waals surface area contributed by atoms with Crippen LogP contribution in [0.3, 0.4) is 0 Å². The van der Waals surface area contributed by atoms with E-state index in [0.29, 0.717) is 5.92 Å². The Balaban J connectivity index is 2.03. The molecule has 0 bridgehead atoms. The van der Waals surface area contributed by atoms with E-state index >= 15 is 0 Å². The molecule has 17 heavy (non-hydrogen) atoms. The molecule has 2 aromatic rings. The normalized spacial score (nSPS) is 14.2. The Morgan fingerprint density at radius 2 is 1.29 bits per heavy atom. The van der Waals surface area contributed by atoms with Gasteiger partial charge in [-0.25, -0.2) is 0 Å². The number of hydrogen-bond donors (Lipinski definition) is 0. The molecular weight excluding hydrogens is 320 g/mol. The molecule has 0 unspecified atom stereocenters. The van der Waals surface area contributed by atoms with Crippen LogP contribution in [0.5, 0.6) is 0 Å². The zero-order valence-electron chi connectivity index (χ0n) is 10.3. The van der Waals surface area contributed by atoms with Gasteiger partial charge in [-0.2, -0.15) is 0 Å². The van der Waals surface area contributed by atoms with E-state index in [2.05, 4.69) is 74.5 Å². The van der Waals surface area contributed by atoms with Gasteiger partial charge >= 0.3 is 114 Å². The Bertz CT molecular complexity index is 436. The molecule has 2 rings (SSSR count). The van der Waals surface area contributed by atoms with Gasteiger partial charge in [-0.05, 0) is 0 Å². The van der Waals surface area contributed by atoms with Crippen molar-refractivity contribution in [1.82, 2.24) is 0 Å². The number of rotatable bonds is 4. The monoisotopic (exact) mass is 340 g/mol. The van der Waals surface area contributed by atoms with Crippen molar-refractivity contribution in [3.63, 3.8) is 0 Å². The molecular formula is C16H18Te. The molecule has 0 aliphatic heterocycles. The molecule has 0 aliphatic rings. The Kier molecular flexibility index (Phi) is 4.65. The summed E-state index contributed by atoms with van der Waals surface area (Å²) in [5, 5.41) is 0. The van der Waals surface area contributed by atoms with Crippen molar-refractivity contribution in [3.8, 4) is 0 Å². The maximum atomic E-state index is 2.40. The standard InChI is InChI=1S/C16H18Te/c1-13(15-9-5-3-6-10-15)14(2)17-16-11-7-4-8-12-16/h3-14H,1-2H3/t13-,14-/m1/s1. The zero-order valence-corrected chi connectivity index (χ0v) is 12.7. The Morgan fingerprint density at radius 3 is 1.88 bits per heavy atom. The van der Waals surface area contributed by atoms with Gasteiger partial charge in [0.1, 0.15) is 0 Å². The SMILES string of the molecule is C[C@@H]([Te]c1ccccc1)[C@@H](C)c1ccccc1. The van der Waals surface area contributed by atoms with E-state index in [-0.39, 0.29) is 20.9 Å². The molecule has 0 saturated heterocycles. The molecule has 0 amide bonds. The first-order chi connectivity index (χ1) is 8.27. The summed E-state index contributed by atoms with van der Waals surface area (Å²) in [4.78, 5) is 0. The summed E-state index contributed by atoms with van der Waals surface area (Å²) in [6, 6.07) is 21.8. The van der Waals surface area contributed by atoms with Crippen molar-refractivity contribution in [2.45, 2.75) is 23.7 Å². The summed E-state index contributed by atoms with van der Waals surface area (Å²) in [7, 11) is 0. The summed E-state index contributed by atoms with van der Waals surface area (Å²) >= 11 is -0.0933. The summed E-state index contributed by atoms with van der Waals surface area (Å²) < 4.78 is 2.36. The van der Waals surface area contributed by atoms with Crippen LogP contribution in [-0.2, 0) is 0 Å². The molecule has 88 valence electrons. The van der Waals surface area contributed by atoms with Crippen LogP contribution in [-0.4, -0.2) is 20.9 Å². The molecule has 2 atom stereocenters. The molecule has 0 heterocycles. The van der Waals surface area contributed by atoms with Crippen LogP contribution in [0.4, 0.5) is 0 Å². The van der Waals surface area contributed by atoms with Crippen LogP contribution in [0.25, 0.3) is 0 Å². The van der Waals surface area contributed by atoms with E-state index in [1.54, 1.807) is 3.61 Å². The molecule has 0 aromatic heterocycles. The van der Waals surface area contributed by atoms with Crippen molar-refractivity contribution in [3.05, 3.63) is 66.2 Å². The predicted octanol–water partition coefficient (Wildman–Crippen LogP) is 3.63. The van der Waals surface area contributed by atoms with Crippen molar-refractivity contribution in [2.75, 3.05) is 0 Å². The van der Waals surface area contributed by atoms with Gasteiger partial charge in [0.25, 0.3) is 0 Å². The topological polar surface area (TPSA) is 0 Å². The van der Waals surface area contributed by atoms with Crippen molar-refractivity contribution in [2.24, 2.45) is 0 Å². The van der Waals surface area contributed by atoms with Gasteiger partial charge in [0, 0.05) is 0 Å². The van der Waals surface area contributed by atoms with Crippen LogP contribution in [0.2, 0.25) is 3.97 Å². The summed E-state index contributed by atoms with van der Waals surface area (Å²) in [6.45, 7) is 4.75. The van der Waals surface area contributed by atoms with Crippen LogP contribution >= 0.6 is 0 Å². The molecule has 0 aliphatic carbocycles. The average Bonchev–Trinajstić information content (AvgIpc) is 2.40. The quantitative estimate of drug-likeness (QED) is 0.747. The third kappa shape index (κ3) is 3.60. The Hall–Kier alpha value is -0.770. The van der Waals surface area contributed by atoms with E-state index < -0.39 is 0 Å². The Morgan fingerprint density at radius 1 is 0.765 bits per heavy atom. The van der Waals surface area contributed by atoms with Gasteiger partial charge in [0.15, 0.2) is 0 Å². The fraction of sp³-hybridized carbons (Fsp3) is 0.250. The second-order valence-corrected chi connectivity index (χ2v) is 8.48. The molecule has 0 nitrogen and oxygen atoms in total. The first kappa shape index (κ1) is 12.7. The van der Waals surface area contributed by atoms with Gasteiger partial charge in [0.2, 0.25) is 0 Å². The molecule has 0 fully saturated rings. The summed E-state index contributed by atoms with van der Waals surface area (Å²) in [5.41, 5.74) is 1.47. The van der Waals surface area contributed by atoms with E-state index in [4.69, 9.17) is 0 Å². The molecule has 0 spiro atoms. The van der Waals surface area contributed by atoms with E-state index in [1.165, 1.54) is 5.56 Å². The molecule has 1 heteroatoms. The Labute approximate surface area is 114 Å². The maximum absolute atomic E-state index is 2.40. The van der Waals surface area contributed by atoms with Gasteiger partial charge in [0.05, 0.1) is 0 Å². The van der Waals surface area contributed by atoms with Crippen LogP contribution in [0.1, 0.15) is 25.3 Å². The van der Waals surface area contributed by atoms with Crippen LogP contribution < -0.4 is 3.61 Å². The van der Waals surface area contributed by atoms with Gasteiger partial charge in [-0.1, -0.05) is 0 Å². The third-order valence-electron chi connectivity index (χ3n) is 3.09. The first-order valence-corrected chi connectivity index (χ1v) is 8.55. The molecule has 0 saturated carbocycles. The van der Waals surface area contributed by atoms with Crippen molar-refractivity contribution in [1.29, 1.82) is 0 Å². The van der Waals surface area contributed by atoms with E-state index in [9.17, 15) is 0 Å². The average molecular weight is 338 g/mol. The molecule has 2 aromatic carbocycles. The van der Waals surface area contributed by atoms with Gasteiger partial charge in [-0.15, -0.1) is 0 Å². The van der Waals surface area contributed by atoms with E-state index in [1.807, 2.05) is 0 Å². The van der Waals surface area contributed by atoms with Crippen molar-refractivity contribution >= 4 is 24.5 Å².